The molecule has 3 aromatic rings. The molecule has 7 nitrogen and oxygen atoms in total. The number of hydrogen-bond donors (Lipinski definition) is 0. The number of thioether (sulfide) groups is 1. The first kappa shape index (κ1) is 22.4. The maximum atomic E-state index is 12.9. The molecule has 1 fully saturated rings. The first-order valence-corrected chi connectivity index (χ1v) is 11.8. The second-order valence-corrected chi connectivity index (χ2v) is 8.83. The van der Waals surface area contributed by atoms with Crippen LogP contribution in [0.4, 0.5) is 0 Å². The fourth-order valence-electron chi connectivity index (χ4n) is 4.02. The number of hydrogen-bond acceptors (Lipinski definition) is 6. The van der Waals surface area contributed by atoms with Gasteiger partial charge in [0.25, 0.3) is 0 Å². The Morgan fingerprint density at radius 3 is 2.59 bits per heavy atom. The first-order valence-electron chi connectivity index (χ1n) is 10.9. The summed E-state index contributed by atoms with van der Waals surface area (Å²) in [6.07, 6.45) is 3.45. The number of piperazine rings is 1. The fourth-order valence-corrected chi connectivity index (χ4v) is 4.87. The van der Waals surface area contributed by atoms with Crippen LogP contribution in [0, 0.1) is 6.92 Å². The van der Waals surface area contributed by atoms with E-state index < -0.39 is 0 Å². The van der Waals surface area contributed by atoms with Crippen molar-refractivity contribution < 1.29 is 9.21 Å². The van der Waals surface area contributed by atoms with E-state index in [-0.39, 0.29) is 5.91 Å². The van der Waals surface area contributed by atoms with Crippen molar-refractivity contribution in [3.8, 4) is 11.4 Å². The third kappa shape index (κ3) is 4.81. The average Bonchev–Trinajstić information content (AvgIpc) is 3.43. The number of nitrogens with zero attached hydrogens (tertiary/aromatic N) is 5. The first-order chi connectivity index (χ1) is 15.6. The van der Waals surface area contributed by atoms with Crippen LogP contribution in [0.3, 0.4) is 0 Å². The van der Waals surface area contributed by atoms with E-state index in [1.54, 1.807) is 12.3 Å². The van der Waals surface area contributed by atoms with Gasteiger partial charge in [0.05, 0.1) is 17.6 Å². The minimum Gasteiger partial charge on any atom is -0.469 e. The van der Waals surface area contributed by atoms with Gasteiger partial charge in [-0.2, -0.15) is 0 Å². The van der Waals surface area contributed by atoms with E-state index >= 15 is 0 Å². The van der Waals surface area contributed by atoms with Crippen molar-refractivity contribution in [1.82, 2.24) is 24.6 Å². The van der Waals surface area contributed by atoms with Crippen LogP contribution < -0.4 is 0 Å². The Bertz CT molecular complexity index is 1050. The molecule has 8 heteroatoms. The van der Waals surface area contributed by atoms with E-state index in [9.17, 15) is 4.79 Å². The van der Waals surface area contributed by atoms with E-state index in [4.69, 9.17) is 4.42 Å². The van der Waals surface area contributed by atoms with Crippen molar-refractivity contribution in [3.63, 3.8) is 0 Å². The topological polar surface area (TPSA) is 67.4 Å². The molecule has 1 aliphatic rings. The summed E-state index contributed by atoms with van der Waals surface area (Å²) in [5, 5.41) is 9.38. The molecule has 2 aromatic heterocycles. The van der Waals surface area contributed by atoms with Crippen molar-refractivity contribution in [2.75, 3.05) is 31.9 Å². The normalized spacial score (nSPS) is 15.6. The minimum atomic E-state index is 0.135. The van der Waals surface area contributed by atoms with Crippen LogP contribution >= 0.6 is 11.8 Å². The van der Waals surface area contributed by atoms with Crippen molar-refractivity contribution in [2.24, 2.45) is 0 Å². The number of carbonyl (C=O) groups excluding carboxylic acids is 1. The highest BCUT2D eigenvalue weighted by Crippen LogP contribution is 2.27. The molecule has 0 unspecified atom stereocenters. The molecule has 1 atom stereocenters. The predicted molar refractivity (Wildman–Crippen MR) is 126 cm³/mol. The maximum Gasteiger partial charge on any atom is 0.233 e. The number of aryl methyl sites for hydroxylation is 1. The van der Waals surface area contributed by atoms with Gasteiger partial charge in [0, 0.05) is 38.8 Å². The highest BCUT2D eigenvalue weighted by atomic mass is 32.2. The summed E-state index contributed by atoms with van der Waals surface area (Å²) >= 11 is 1.42. The molecule has 32 heavy (non-hydrogen) atoms. The number of benzene rings is 1. The Morgan fingerprint density at radius 1 is 1.19 bits per heavy atom. The quantitative estimate of drug-likeness (QED) is 0.381. The Balaban J connectivity index is 1.34. The van der Waals surface area contributed by atoms with Gasteiger partial charge in [-0.3, -0.25) is 14.3 Å². The van der Waals surface area contributed by atoms with Crippen LogP contribution in [0.5, 0.6) is 0 Å². The molecule has 0 radical (unpaired) electrons. The Hall–Kier alpha value is -2.84. The lowest BCUT2D eigenvalue weighted by Gasteiger charge is -2.38. The van der Waals surface area contributed by atoms with Crippen LogP contribution in [0.1, 0.15) is 24.3 Å². The lowest BCUT2D eigenvalue weighted by molar-refractivity contribution is -0.130. The van der Waals surface area contributed by atoms with Crippen molar-refractivity contribution >= 4 is 17.7 Å². The van der Waals surface area contributed by atoms with E-state index in [2.05, 4.69) is 52.9 Å². The van der Waals surface area contributed by atoms with Crippen molar-refractivity contribution in [1.29, 1.82) is 0 Å². The molecule has 0 N–H and O–H groups in total. The second-order valence-electron chi connectivity index (χ2n) is 7.89. The standard InChI is InChI=1S/C24H29N5O2S/c1-4-11-29-23(21-10-16-31-19(21)3)25-26-24(29)32-17-22(30)28-14-12-27(13-15-28)18(2)20-8-6-5-7-9-20/h4-10,16,18H,1,11-15,17H2,2-3H3/t18-/m1/s1. The van der Waals surface area contributed by atoms with Gasteiger partial charge in [0.15, 0.2) is 11.0 Å². The maximum absolute atomic E-state index is 12.9. The minimum absolute atomic E-state index is 0.135. The number of furan rings is 1. The molecule has 1 saturated heterocycles. The van der Waals surface area contributed by atoms with E-state index in [1.165, 1.54) is 17.3 Å². The molecule has 3 heterocycles. The summed E-state index contributed by atoms with van der Waals surface area (Å²) in [5.41, 5.74) is 2.22. The smallest absolute Gasteiger partial charge is 0.233 e. The molecule has 0 spiro atoms. The van der Waals surface area contributed by atoms with Gasteiger partial charge in [-0.05, 0) is 25.5 Å². The summed E-state index contributed by atoms with van der Waals surface area (Å²) in [4.78, 5) is 17.3. The van der Waals surface area contributed by atoms with Gasteiger partial charge in [-0.1, -0.05) is 48.2 Å². The fraction of sp³-hybridized carbons (Fsp3) is 0.375. The average molecular weight is 452 g/mol. The van der Waals surface area contributed by atoms with Gasteiger partial charge in [0.2, 0.25) is 5.91 Å². The van der Waals surface area contributed by atoms with Gasteiger partial charge in [-0.25, -0.2) is 0 Å². The molecule has 1 amide bonds. The van der Waals surface area contributed by atoms with Crippen molar-refractivity contribution in [2.45, 2.75) is 31.6 Å². The highest BCUT2D eigenvalue weighted by Gasteiger charge is 2.25. The summed E-state index contributed by atoms with van der Waals surface area (Å²) in [6.45, 7) is 11.8. The third-order valence-corrected chi connectivity index (χ3v) is 6.90. The zero-order valence-electron chi connectivity index (χ0n) is 18.6. The number of rotatable bonds is 8. The van der Waals surface area contributed by atoms with E-state index in [1.807, 2.05) is 28.5 Å². The van der Waals surface area contributed by atoms with Gasteiger partial charge < -0.3 is 9.32 Å². The summed E-state index contributed by atoms with van der Waals surface area (Å²) < 4.78 is 7.39. The Morgan fingerprint density at radius 2 is 1.94 bits per heavy atom. The number of aromatic nitrogens is 3. The number of amides is 1. The van der Waals surface area contributed by atoms with Gasteiger partial charge in [-0.15, -0.1) is 16.8 Å². The van der Waals surface area contributed by atoms with Gasteiger partial charge in [0.1, 0.15) is 5.76 Å². The van der Waals surface area contributed by atoms with Crippen molar-refractivity contribution in [3.05, 3.63) is 66.6 Å². The zero-order chi connectivity index (χ0) is 22.5. The van der Waals surface area contributed by atoms with Crippen LogP contribution in [0.25, 0.3) is 11.4 Å². The zero-order valence-corrected chi connectivity index (χ0v) is 19.4. The number of allylic oxidation sites excluding steroid dienone is 1. The summed E-state index contributed by atoms with van der Waals surface area (Å²) in [5.74, 6) is 2.00. The molecule has 1 aliphatic heterocycles. The molecule has 0 saturated carbocycles. The molecule has 0 bridgehead atoms. The van der Waals surface area contributed by atoms with Crippen LogP contribution in [-0.2, 0) is 11.3 Å². The molecule has 1 aromatic carbocycles. The Labute approximate surface area is 193 Å². The van der Waals surface area contributed by atoms with Gasteiger partial charge >= 0.3 is 0 Å². The lowest BCUT2D eigenvalue weighted by atomic mass is 10.1. The molecule has 0 aliphatic carbocycles. The van der Waals surface area contributed by atoms with E-state index in [0.29, 0.717) is 23.5 Å². The molecular formula is C24H29N5O2S. The van der Waals surface area contributed by atoms with Crippen LogP contribution in [-0.4, -0.2) is 62.4 Å². The SMILES string of the molecule is C=CCn1c(SCC(=O)N2CCN([C@H](C)c3ccccc3)CC2)nnc1-c1ccoc1C. The van der Waals surface area contributed by atoms with E-state index in [0.717, 1.165) is 43.3 Å². The molecule has 4 rings (SSSR count). The van der Waals surface area contributed by atoms with Crippen LogP contribution in [0.2, 0.25) is 0 Å². The second kappa shape index (κ2) is 10.2. The summed E-state index contributed by atoms with van der Waals surface area (Å²) in [7, 11) is 0. The van der Waals surface area contributed by atoms with Crippen LogP contribution in [0.15, 0.2) is 64.9 Å². The lowest BCUT2D eigenvalue weighted by Crippen LogP contribution is -2.49. The highest BCUT2D eigenvalue weighted by molar-refractivity contribution is 7.99. The summed E-state index contributed by atoms with van der Waals surface area (Å²) in [6, 6.07) is 12.8. The predicted octanol–water partition coefficient (Wildman–Crippen LogP) is 4.03. The number of carbonyl (C=O) groups is 1. The molecular weight excluding hydrogens is 422 g/mol. The molecule has 168 valence electrons. The largest absolute Gasteiger partial charge is 0.469 e. The Kier molecular flexibility index (Phi) is 7.12. The third-order valence-electron chi connectivity index (χ3n) is 5.95. The monoisotopic (exact) mass is 451 g/mol.